The molecule has 0 aromatic heterocycles. The van der Waals surface area contributed by atoms with Gasteiger partial charge in [0.05, 0.1) is 0 Å². The second-order valence-electron chi connectivity index (χ2n) is 5.24. The van der Waals surface area contributed by atoms with Crippen LogP contribution in [0.1, 0.15) is 36.9 Å². The molecular weight excluding hydrogens is 283 g/mol. The Kier molecular flexibility index (Phi) is 5.11. The number of fused-ring (bicyclic) bond motifs is 1. The van der Waals surface area contributed by atoms with Crippen LogP contribution in [0.5, 0.6) is 5.75 Å². The van der Waals surface area contributed by atoms with Gasteiger partial charge in [0, 0.05) is 6.04 Å². The van der Waals surface area contributed by atoms with Gasteiger partial charge in [-0.1, -0.05) is 19.1 Å². The summed E-state index contributed by atoms with van der Waals surface area (Å²) in [4.78, 5) is 0. The molecule has 3 nitrogen and oxygen atoms in total. The number of halogens is 3. The van der Waals surface area contributed by atoms with Gasteiger partial charge in [0.1, 0.15) is 12.4 Å². The Bertz CT molecular complexity index is 476. The van der Waals surface area contributed by atoms with Gasteiger partial charge < -0.3 is 15.2 Å². The van der Waals surface area contributed by atoms with Crippen molar-refractivity contribution >= 4 is 0 Å². The Morgan fingerprint density at radius 2 is 2.19 bits per heavy atom. The van der Waals surface area contributed by atoms with Crippen molar-refractivity contribution in [2.24, 2.45) is 0 Å². The molecule has 0 heterocycles. The lowest BCUT2D eigenvalue weighted by Crippen LogP contribution is -2.34. The molecule has 0 aliphatic heterocycles. The van der Waals surface area contributed by atoms with Crippen LogP contribution in [-0.2, 0) is 6.42 Å². The molecule has 0 radical (unpaired) electrons. The third-order valence-electron chi connectivity index (χ3n) is 3.64. The average Bonchev–Trinajstić information content (AvgIpc) is 2.85. The lowest BCUT2D eigenvalue weighted by atomic mass is 10.1. The average molecular weight is 303 g/mol. The van der Waals surface area contributed by atoms with Crippen molar-refractivity contribution in [1.82, 2.24) is 5.32 Å². The van der Waals surface area contributed by atoms with Crippen molar-refractivity contribution < 1.29 is 23.0 Å². The summed E-state index contributed by atoms with van der Waals surface area (Å²) in [7, 11) is 0. The molecule has 0 fully saturated rings. The van der Waals surface area contributed by atoms with Crippen LogP contribution in [0.2, 0.25) is 0 Å². The van der Waals surface area contributed by atoms with Gasteiger partial charge in [-0.2, -0.15) is 13.2 Å². The normalized spacial score (nSPS) is 19.4. The SMILES string of the molecule is CCCNC1CCc2c(OCC(O)C(F)(F)F)cccc21. The number of aliphatic hydroxyl groups excluding tert-OH is 1. The number of hydrogen-bond donors (Lipinski definition) is 2. The molecule has 0 bridgehead atoms. The molecule has 1 aromatic carbocycles. The molecule has 2 unspecified atom stereocenters. The Balaban J connectivity index is 2.04. The van der Waals surface area contributed by atoms with E-state index in [1.165, 1.54) is 0 Å². The molecule has 0 saturated carbocycles. The quantitative estimate of drug-likeness (QED) is 0.849. The molecule has 6 heteroatoms. The van der Waals surface area contributed by atoms with Crippen LogP contribution in [-0.4, -0.2) is 30.5 Å². The summed E-state index contributed by atoms with van der Waals surface area (Å²) in [5.41, 5.74) is 2.03. The molecule has 2 N–H and O–H groups in total. The lowest BCUT2D eigenvalue weighted by molar-refractivity contribution is -0.210. The van der Waals surface area contributed by atoms with Gasteiger partial charge in [-0.15, -0.1) is 0 Å². The predicted octanol–water partition coefficient (Wildman–Crippen LogP) is 2.98. The Morgan fingerprint density at radius 1 is 1.43 bits per heavy atom. The molecule has 2 atom stereocenters. The van der Waals surface area contributed by atoms with Gasteiger partial charge in [-0.05, 0) is 43.0 Å². The number of aliphatic hydroxyl groups is 1. The van der Waals surface area contributed by atoms with Crippen molar-refractivity contribution in [2.45, 2.75) is 44.5 Å². The highest BCUT2D eigenvalue weighted by atomic mass is 19.4. The van der Waals surface area contributed by atoms with Crippen LogP contribution in [0, 0.1) is 0 Å². The minimum atomic E-state index is -4.65. The first kappa shape index (κ1) is 16.1. The van der Waals surface area contributed by atoms with Crippen molar-refractivity contribution in [3.8, 4) is 5.75 Å². The minimum Gasteiger partial charge on any atom is -0.490 e. The molecule has 0 amide bonds. The first-order valence-corrected chi connectivity index (χ1v) is 7.16. The number of hydrogen-bond acceptors (Lipinski definition) is 3. The summed E-state index contributed by atoms with van der Waals surface area (Å²) in [6.07, 6.45) is -4.39. The fourth-order valence-corrected chi connectivity index (χ4v) is 2.55. The van der Waals surface area contributed by atoms with Crippen LogP contribution < -0.4 is 10.1 Å². The van der Waals surface area contributed by atoms with Gasteiger partial charge in [-0.3, -0.25) is 0 Å². The van der Waals surface area contributed by atoms with E-state index in [1.54, 1.807) is 12.1 Å². The standard InChI is InChI=1S/C15H20F3NO2/c1-2-8-19-12-7-6-11-10(12)4-3-5-13(11)21-9-14(20)15(16,17)18/h3-5,12,14,19-20H,2,6-9H2,1H3. The smallest absolute Gasteiger partial charge is 0.417 e. The van der Waals surface area contributed by atoms with E-state index in [0.717, 1.165) is 36.9 Å². The maximum absolute atomic E-state index is 12.3. The van der Waals surface area contributed by atoms with Crippen molar-refractivity contribution in [2.75, 3.05) is 13.2 Å². The summed E-state index contributed by atoms with van der Waals surface area (Å²) >= 11 is 0. The third kappa shape index (κ3) is 3.89. The summed E-state index contributed by atoms with van der Waals surface area (Å²) in [6, 6.07) is 5.64. The van der Waals surface area contributed by atoms with Crippen molar-refractivity contribution in [3.63, 3.8) is 0 Å². The van der Waals surface area contributed by atoms with E-state index in [4.69, 9.17) is 9.84 Å². The van der Waals surface area contributed by atoms with E-state index in [9.17, 15) is 13.2 Å². The summed E-state index contributed by atoms with van der Waals surface area (Å²) < 4.78 is 42.1. The third-order valence-corrected chi connectivity index (χ3v) is 3.64. The molecule has 1 aromatic rings. The molecular formula is C15H20F3NO2. The van der Waals surface area contributed by atoms with Crippen molar-refractivity contribution in [3.05, 3.63) is 29.3 Å². The molecule has 21 heavy (non-hydrogen) atoms. The zero-order valence-electron chi connectivity index (χ0n) is 11.9. The monoisotopic (exact) mass is 303 g/mol. The maximum Gasteiger partial charge on any atom is 0.417 e. The number of nitrogens with one attached hydrogen (secondary N) is 1. The molecule has 1 aliphatic rings. The molecule has 2 rings (SSSR count). The van der Waals surface area contributed by atoms with Crippen molar-refractivity contribution in [1.29, 1.82) is 0 Å². The van der Waals surface area contributed by atoms with Crippen LogP contribution in [0.4, 0.5) is 13.2 Å². The largest absolute Gasteiger partial charge is 0.490 e. The first-order valence-electron chi connectivity index (χ1n) is 7.16. The summed E-state index contributed by atoms with van der Waals surface area (Å²) in [6.45, 7) is 2.22. The maximum atomic E-state index is 12.3. The van der Waals surface area contributed by atoms with Gasteiger partial charge >= 0.3 is 6.18 Å². The zero-order valence-corrected chi connectivity index (χ0v) is 11.9. The molecule has 0 saturated heterocycles. The predicted molar refractivity (Wildman–Crippen MR) is 73.4 cm³/mol. The van der Waals surface area contributed by atoms with E-state index >= 15 is 0 Å². The Hall–Kier alpha value is -1.27. The Labute approximate surface area is 122 Å². The molecule has 118 valence electrons. The van der Waals surface area contributed by atoms with E-state index in [2.05, 4.69) is 12.2 Å². The van der Waals surface area contributed by atoms with Crippen LogP contribution in [0.25, 0.3) is 0 Å². The highest BCUT2D eigenvalue weighted by molar-refractivity contribution is 5.45. The molecule has 1 aliphatic carbocycles. The number of rotatable bonds is 6. The van der Waals surface area contributed by atoms with Crippen LogP contribution in [0.3, 0.4) is 0 Å². The molecule has 0 spiro atoms. The fraction of sp³-hybridized carbons (Fsp3) is 0.600. The highest BCUT2D eigenvalue weighted by Gasteiger charge is 2.39. The summed E-state index contributed by atoms with van der Waals surface area (Å²) in [5.74, 6) is 0.441. The lowest BCUT2D eigenvalue weighted by Gasteiger charge is -2.17. The van der Waals surface area contributed by atoms with E-state index < -0.39 is 18.9 Å². The van der Waals surface area contributed by atoms with E-state index in [0.29, 0.717) is 5.75 Å². The number of ether oxygens (including phenoxy) is 1. The van der Waals surface area contributed by atoms with Gasteiger partial charge in [0.25, 0.3) is 0 Å². The zero-order chi connectivity index (χ0) is 15.5. The topological polar surface area (TPSA) is 41.5 Å². The highest BCUT2D eigenvalue weighted by Crippen LogP contribution is 2.37. The summed E-state index contributed by atoms with van der Waals surface area (Å²) in [5, 5.41) is 12.4. The number of alkyl halides is 3. The van der Waals surface area contributed by atoms with Gasteiger partial charge in [0.2, 0.25) is 0 Å². The number of benzene rings is 1. The van der Waals surface area contributed by atoms with Crippen LogP contribution in [0.15, 0.2) is 18.2 Å². The second-order valence-corrected chi connectivity index (χ2v) is 5.24. The van der Waals surface area contributed by atoms with Crippen LogP contribution >= 0.6 is 0 Å². The minimum absolute atomic E-state index is 0.232. The van der Waals surface area contributed by atoms with E-state index in [-0.39, 0.29) is 6.04 Å². The van der Waals surface area contributed by atoms with Gasteiger partial charge in [-0.25, -0.2) is 0 Å². The van der Waals surface area contributed by atoms with Gasteiger partial charge in [0.15, 0.2) is 6.10 Å². The first-order chi connectivity index (χ1) is 9.93. The van der Waals surface area contributed by atoms with E-state index in [1.807, 2.05) is 6.07 Å². The Morgan fingerprint density at radius 3 is 2.86 bits per heavy atom. The fourth-order valence-electron chi connectivity index (χ4n) is 2.55. The second kappa shape index (κ2) is 6.66.